The van der Waals surface area contributed by atoms with Crippen molar-refractivity contribution in [1.29, 1.82) is 0 Å². The van der Waals surface area contributed by atoms with Crippen molar-refractivity contribution in [3.63, 3.8) is 0 Å². The molecule has 1 aliphatic heterocycles. The summed E-state index contributed by atoms with van der Waals surface area (Å²) >= 11 is 0. The quantitative estimate of drug-likeness (QED) is 0.282. The molecule has 0 aliphatic carbocycles. The predicted molar refractivity (Wildman–Crippen MR) is 65.3 cm³/mol. The molecule has 0 aromatic heterocycles. The first-order valence-corrected chi connectivity index (χ1v) is 5.87. The summed E-state index contributed by atoms with van der Waals surface area (Å²) in [4.78, 5) is 43.8. The van der Waals surface area contributed by atoms with E-state index < -0.39 is 35.2 Å². The zero-order valence-electron chi connectivity index (χ0n) is 10.6. The van der Waals surface area contributed by atoms with E-state index in [9.17, 15) is 24.5 Å². The molecule has 1 aliphatic rings. The lowest BCUT2D eigenvalue weighted by Crippen LogP contribution is -2.30. The number of carbonyl (C=O) groups is 3. The average molecular weight is 294 g/mol. The van der Waals surface area contributed by atoms with E-state index in [2.05, 4.69) is 9.47 Å². The zero-order valence-corrected chi connectivity index (χ0v) is 10.6. The van der Waals surface area contributed by atoms with Crippen LogP contribution in [0.5, 0.6) is 0 Å². The van der Waals surface area contributed by atoms with Gasteiger partial charge in [0.1, 0.15) is 0 Å². The molecule has 1 N–H and O–H groups in total. The van der Waals surface area contributed by atoms with Gasteiger partial charge in [0.25, 0.3) is 5.91 Å². The van der Waals surface area contributed by atoms with Crippen LogP contribution in [-0.2, 0) is 19.1 Å². The largest absolute Gasteiger partial charge is 0.514 e. The lowest BCUT2D eigenvalue weighted by molar-refractivity contribution is -0.576. The second kappa shape index (κ2) is 5.99. The molecule has 9 heteroatoms. The van der Waals surface area contributed by atoms with E-state index in [1.807, 2.05) is 5.32 Å². The van der Waals surface area contributed by atoms with Gasteiger partial charge >= 0.3 is 12.4 Å². The number of hydrogen-bond acceptors (Lipinski definition) is 7. The summed E-state index contributed by atoms with van der Waals surface area (Å²) in [6.07, 6.45) is -4.80. The molecule has 1 aromatic carbocycles. The van der Waals surface area contributed by atoms with Crippen LogP contribution in [0.15, 0.2) is 30.3 Å². The average Bonchev–Trinajstić information content (AvgIpc) is 2.75. The number of hydrogen-bond donors (Lipinski definition) is 1. The Morgan fingerprint density at radius 1 is 1.33 bits per heavy atom. The van der Waals surface area contributed by atoms with Crippen molar-refractivity contribution in [2.45, 2.75) is 18.8 Å². The SMILES string of the molecule is O=C1CC(OC(=O)OC(c2ccccc2)[N+](=O)[O-])C(=O)N1. The van der Waals surface area contributed by atoms with Crippen LogP contribution in [0.2, 0.25) is 0 Å². The molecule has 21 heavy (non-hydrogen) atoms. The monoisotopic (exact) mass is 294 g/mol. The minimum absolute atomic E-state index is 0.145. The number of nitrogens with zero attached hydrogens (tertiary/aromatic N) is 1. The second-order valence-electron chi connectivity index (χ2n) is 4.14. The molecule has 2 amide bonds. The summed E-state index contributed by atoms with van der Waals surface area (Å²) in [5.41, 5.74) is 0.145. The van der Waals surface area contributed by atoms with Gasteiger partial charge in [-0.1, -0.05) is 18.2 Å². The maximum absolute atomic E-state index is 11.5. The molecular weight excluding hydrogens is 284 g/mol. The van der Waals surface area contributed by atoms with Crippen LogP contribution < -0.4 is 5.32 Å². The first kappa shape index (κ1) is 14.4. The van der Waals surface area contributed by atoms with Crippen molar-refractivity contribution in [2.75, 3.05) is 0 Å². The fourth-order valence-electron chi connectivity index (χ4n) is 1.71. The van der Waals surface area contributed by atoms with Crippen molar-refractivity contribution in [1.82, 2.24) is 5.32 Å². The molecule has 1 saturated heterocycles. The van der Waals surface area contributed by atoms with E-state index in [-0.39, 0.29) is 12.0 Å². The first-order valence-electron chi connectivity index (χ1n) is 5.87. The molecule has 1 fully saturated rings. The molecule has 0 saturated carbocycles. The van der Waals surface area contributed by atoms with Gasteiger partial charge in [-0.25, -0.2) is 4.79 Å². The fraction of sp³-hybridized carbons (Fsp3) is 0.250. The van der Waals surface area contributed by atoms with Crippen LogP contribution in [0.4, 0.5) is 4.79 Å². The highest BCUT2D eigenvalue weighted by atomic mass is 16.8. The minimum Gasteiger partial charge on any atom is -0.420 e. The van der Waals surface area contributed by atoms with Gasteiger partial charge in [0.05, 0.1) is 16.9 Å². The highest BCUT2D eigenvalue weighted by molar-refractivity contribution is 6.05. The van der Waals surface area contributed by atoms with E-state index in [0.29, 0.717) is 0 Å². The molecule has 2 rings (SSSR count). The van der Waals surface area contributed by atoms with Gasteiger partial charge in [-0.3, -0.25) is 25.0 Å². The van der Waals surface area contributed by atoms with Crippen molar-refractivity contribution < 1.29 is 28.8 Å². The summed E-state index contributed by atoms with van der Waals surface area (Å²) in [6, 6.07) is 7.56. The van der Waals surface area contributed by atoms with Gasteiger partial charge in [-0.15, -0.1) is 0 Å². The Hall–Kier alpha value is -2.97. The Morgan fingerprint density at radius 2 is 2.00 bits per heavy atom. The van der Waals surface area contributed by atoms with Gasteiger partial charge in [0.15, 0.2) is 6.10 Å². The van der Waals surface area contributed by atoms with E-state index in [1.54, 1.807) is 18.2 Å². The predicted octanol–water partition coefficient (Wildman–Crippen LogP) is 0.530. The number of nitro groups is 1. The standard InChI is InChI=1S/C12H10N2O7/c15-9-6-8(10(16)13-9)20-12(17)21-11(14(18)19)7-4-2-1-3-5-7/h1-5,8,11H,6H2,(H,13,15,16). The van der Waals surface area contributed by atoms with Crippen LogP contribution >= 0.6 is 0 Å². The maximum atomic E-state index is 11.5. The normalized spacial score (nSPS) is 18.8. The number of nitrogens with one attached hydrogen (secondary N) is 1. The number of imide groups is 1. The van der Waals surface area contributed by atoms with Gasteiger partial charge < -0.3 is 9.47 Å². The van der Waals surface area contributed by atoms with Crippen LogP contribution in [-0.4, -0.2) is 29.0 Å². The third kappa shape index (κ3) is 3.53. The summed E-state index contributed by atoms with van der Waals surface area (Å²) in [7, 11) is 0. The van der Waals surface area contributed by atoms with Gasteiger partial charge in [-0.2, -0.15) is 0 Å². The number of carbonyl (C=O) groups excluding carboxylic acids is 3. The summed E-state index contributed by atoms with van der Waals surface area (Å²) in [6.45, 7) is 0. The van der Waals surface area contributed by atoms with Crippen LogP contribution in [0.25, 0.3) is 0 Å². The van der Waals surface area contributed by atoms with Gasteiger partial charge in [0, 0.05) is 0 Å². The third-order valence-electron chi connectivity index (χ3n) is 2.65. The molecule has 0 spiro atoms. The first-order chi connectivity index (χ1) is 9.97. The van der Waals surface area contributed by atoms with Crippen LogP contribution in [0, 0.1) is 10.1 Å². The van der Waals surface area contributed by atoms with Crippen LogP contribution in [0.3, 0.4) is 0 Å². The van der Waals surface area contributed by atoms with Crippen LogP contribution in [0.1, 0.15) is 18.2 Å². The molecule has 1 aromatic rings. The third-order valence-corrected chi connectivity index (χ3v) is 2.65. The smallest absolute Gasteiger partial charge is 0.420 e. The Bertz CT molecular complexity index is 587. The van der Waals surface area contributed by atoms with E-state index in [4.69, 9.17) is 0 Å². The number of ether oxygens (including phenoxy) is 2. The zero-order chi connectivity index (χ0) is 15.4. The fourth-order valence-corrected chi connectivity index (χ4v) is 1.71. The maximum Gasteiger partial charge on any atom is 0.514 e. The van der Waals surface area contributed by atoms with Crippen molar-refractivity contribution in [3.05, 3.63) is 46.0 Å². The van der Waals surface area contributed by atoms with Gasteiger partial charge in [-0.05, 0) is 12.1 Å². The summed E-state index contributed by atoms with van der Waals surface area (Å²) in [5, 5.41) is 12.9. The van der Waals surface area contributed by atoms with E-state index in [1.165, 1.54) is 12.1 Å². The minimum atomic E-state index is -1.75. The van der Waals surface area contributed by atoms with Crippen molar-refractivity contribution in [2.24, 2.45) is 0 Å². The van der Waals surface area contributed by atoms with E-state index >= 15 is 0 Å². The summed E-state index contributed by atoms with van der Waals surface area (Å²) < 4.78 is 9.19. The lowest BCUT2D eigenvalue weighted by Gasteiger charge is -2.12. The van der Waals surface area contributed by atoms with Crippen molar-refractivity contribution >= 4 is 18.0 Å². The molecule has 9 nitrogen and oxygen atoms in total. The Balaban J connectivity index is 2.01. The molecule has 110 valence electrons. The Kier molecular flexibility index (Phi) is 4.12. The number of amides is 2. The number of benzene rings is 1. The highest BCUT2D eigenvalue weighted by Gasteiger charge is 2.36. The summed E-state index contributed by atoms with van der Waals surface area (Å²) in [5.74, 6) is -1.37. The molecule has 2 unspecified atom stereocenters. The molecule has 0 radical (unpaired) electrons. The van der Waals surface area contributed by atoms with Crippen molar-refractivity contribution in [3.8, 4) is 0 Å². The number of rotatable bonds is 4. The topological polar surface area (TPSA) is 125 Å². The highest BCUT2D eigenvalue weighted by Crippen LogP contribution is 2.19. The molecule has 0 bridgehead atoms. The molecular formula is C12H10N2O7. The Morgan fingerprint density at radius 3 is 2.52 bits per heavy atom. The second-order valence-corrected chi connectivity index (χ2v) is 4.14. The molecule has 2 atom stereocenters. The Labute approximate surface area is 118 Å². The lowest BCUT2D eigenvalue weighted by atomic mass is 10.2. The van der Waals surface area contributed by atoms with E-state index in [0.717, 1.165) is 0 Å². The molecule has 1 heterocycles. The van der Waals surface area contributed by atoms with Gasteiger partial charge in [0.2, 0.25) is 5.91 Å².